The van der Waals surface area contributed by atoms with Crippen LogP contribution in [0.3, 0.4) is 0 Å². The van der Waals surface area contributed by atoms with Crippen molar-refractivity contribution in [3.8, 4) is 0 Å². The van der Waals surface area contributed by atoms with E-state index in [1.807, 2.05) is 0 Å². The monoisotopic (exact) mass is 513 g/mol. The number of hydrogen-bond donors (Lipinski definition) is 3. The molecule has 4 aliphatic carbocycles. The molecule has 210 valence electrons. The summed E-state index contributed by atoms with van der Waals surface area (Å²) in [6.07, 6.45) is 9.94. The molecule has 12 atom stereocenters. The molecule has 0 aromatic carbocycles. The van der Waals surface area contributed by atoms with E-state index in [9.17, 15) is 15.0 Å². The first-order valence-corrected chi connectivity index (χ1v) is 15.6. The second-order valence-corrected chi connectivity index (χ2v) is 15.4. The number of rotatable bonds is 4. The highest BCUT2D eigenvalue weighted by atomic mass is 16.3. The number of aliphatic hydroxyl groups is 2. The van der Waals surface area contributed by atoms with E-state index in [0.29, 0.717) is 23.3 Å². The maximum Gasteiger partial charge on any atom is 0.158 e. The maximum absolute atomic E-state index is 12.6. The van der Waals surface area contributed by atoms with E-state index >= 15 is 0 Å². The number of hydrogen-bond acceptors (Lipinski definition) is 4. The molecule has 1 saturated heterocycles. The van der Waals surface area contributed by atoms with Gasteiger partial charge in [-0.05, 0) is 131 Å². The van der Waals surface area contributed by atoms with Crippen LogP contribution in [-0.4, -0.2) is 41.3 Å². The summed E-state index contributed by atoms with van der Waals surface area (Å²) >= 11 is 0. The lowest BCUT2D eigenvalue weighted by atomic mass is 9.35. The van der Waals surface area contributed by atoms with Crippen LogP contribution in [0.2, 0.25) is 0 Å². The number of aliphatic hydroxyl groups excluding tert-OH is 2. The number of piperidine rings is 1. The third-order valence-electron chi connectivity index (χ3n) is 13.3. The van der Waals surface area contributed by atoms with Crippen LogP contribution in [0.5, 0.6) is 0 Å². The van der Waals surface area contributed by atoms with Gasteiger partial charge in [-0.3, -0.25) is 4.79 Å². The molecule has 3 saturated carbocycles. The van der Waals surface area contributed by atoms with E-state index in [1.54, 1.807) is 6.92 Å². The zero-order valence-electron chi connectivity index (χ0n) is 24.8. The molecule has 0 aromatic rings. The van der Waals surface area contributed by atoms with Crippen LogP contribution in [-0.2, 0) is 4.79 Å². The Bertz CT molecular complexity index is 923. The van der Waals surface area contributed by atoms with Gasteiger partial charge in [0.05, 0.1) is 12.2 Å². The van der Waals surface area contributed by atoms with Crippen LogP contribution >= 0.6 is 0 Å². The number of carbonyl (C=O) groups is 1. The largest absolute Gasteiger partial charge is 0.392 e. The molecule has 0 bridgehead atoms. The first-order valence-electron chi connectivity index (χ1n) is 15.6. The summed E-state index contributed by atoms with van der Waals surface area (Å²) in [5, 5.41) is 27.7. The number of nitrogens with one attached hydrogen (secondary N) is 1. The van der Waals surface area contributed by atoms with Crippen molar-refractivity contribution in [2.75, 3.05) is 13.1 Å². The van der Waals surface area contributed by atoms with Crippen molar-refractivity contribution in [1.82, 2.24) is 5.32 Å². The van der Waals surface area contributed by atoms with E-state index in [1.165, 1.54) is 58.0 Å². The van der Waals surface area contributed by atoms with Crippen molar-refractivity contribution >= 4 is 5.78 Å². The highest BCUT2D eigenvalue weighted by Crippen LogP contribution is 2.72. The number of fused-ring (bicyclic) bond motifs is 3. The number of allylic oxidation sites excluding steroid dienone is 1. The molecule has 4 heteroatoms. The highest BCUT2D eigenvalue weighted by Gasteiger charge is 2.69. The molecule has 4 nitrogen and oxygen atoms in total. The van der Waals surface area contributed by atoms with Crippen molar-refractivity contribution in [1.29, 1.82) is 0 Å². The topological polar surface area (TPSA) is 69.6 Å². The molecule has 37 heavy (non-hydrogen) atoms. The first-order chi connectivity index (χ1) is 17.3. The molecular formula is C33H55NO3. The second kappa shape index (κ2) is 9.73. The average molecular weight is 514 g/mol. The van der Waals surface area contributed by atoms with Gasteiger partial charge in [-0.2, -0.15) is 0 Å². The molecule has 0 spiro atoms. The standard InChI is InChI=1S/C33H55NO3/c1-19-10-12-24(13-11-23-9-8-14-34-17-23)25-16-31(5)18-32(6)15-20(2)26(22(4)35)30(37)33(32,7)21(3)28(31)29(36)27(19)25/h19,21,23-25,27-30,34,36-37H,8-18H2,1-7H3/t19?,21?,23?,24?,25?,27?,28?,29?,30?,31-,32+,33+/m0/s1. The minimum absolute atomic E-state index is 0.00924. The van der Waals surface area contributed by atoms with Crippen LogP contribution in [0, 0.1) is 57.7 Å². The molecule has 3 N–H and O–H groups in total. The van der Waals surface area contributed by atoms with Crippen LogP contribution in [0.4, 0.5) is 0 Å². The summed E-state index contributed by atoms with van der Waals surface area (Å²) in [5.74, 6) is 3.40. The summed E-state index contributed by atoms with van der Waals surface area (Å²) in [6, 6.07) is 0. The van der Waals surface area contributed by atoms with Crippen LogP contribution < -0.4 is 5.32 Å². The van der Waals surface area contributed by atoms with Gasteiger partial charge in [0, 0.05) is 11.0 Å². The van der Waals surface area contributed by atoms with Crippen molar-refractivity contribution in [2.45, 2.75) is 118 Å². The Morgan fingerprint density at radius 2 is 1.81 bits per heavy atom. The van der Waals surface area contributed by atoms with Gasteiger partial charge < -0.3 is 15.5 Å². The summed E-state index contributed by atoms with van der Waals surface area (Å²) in [5.41, 5.74) is 1.27. The summed E-state index contributed by atoms with van der Waals surface area (Å²) in [7, 11) is 0. The van der Waals surface area contributed by atoms with Crippen LogP contribution in [0.1, 0.15) is 106 Å². The molecule has 5 rings (SSSR count). The summed E-state index contributed by atoms with van der Waals surface area (Å²) in [4.78, 5) is 12.6. The maximum atomic E-state index is 12.6. The lowest BCUT2D eigenvalue weighted by Gasteiger charge is -2.70. The van der Waals surface area contributed by atoms with Gasteiger partial charge in [0.15, 0.2) is 5.78 Å². The zero-order chi connectivity index (χ0) is 26.9. The van der Waals surface area contributed by atoms with E-state index in [-0.39, 0.29) is 34.6 Å². The quantitative estimate of drug-likeness (QED) is 0.421. The molecule has 1 aliphatic heterocycles. The van der Waals surface area contributed by atoms with Gasteiger partial charge in [0.25, 0.3) is 0 Å². The molecule has 4 fully saturated rings. The minimum atomic E-state index is -0.756. The van der Waals surface area contributed by atoms with Gasteiger partial charge >= 0.3 is 0 Å². The third-order valence-corrected chi connectivity index (χ3v) is 13.3. The summed E-state index contributed by atoms with van der Waals surface area (Å²) < 4.78 is 0. The van der Waals surface area contributed by atoms with Crippen molar-refractivity contribution < 1.29 is 15.0 Å². The van der Waals surface area contributed by atoms with Gasteiger partial charge in [-0.1, -0.05) is 46.6 Å². The average Bonchev–Trinajstić information content (AvgIpc) is 2.81. The smallest absolute Gasteiger partial charge is 0.158 e. The van der Waals surface area contributed by atoms with E-state index in [4.69, 9.17) is 0 Å². The lowest BCUT2D eigenvalue weighted by molar-refractivity contribution is -0.244. The Morgan fingerprint density at radius 3 is 2.46 bits per heavy atom. The van der Waals surface area contributed by atoms with Gasteiger partial charge in [0.1, 0.15) is 0 Å². The fraction of sp³-hybridized carbons (Fsp3) is 0.909. The Hall–Kier alpha value is -0.710. The van der Waals surface area contributed by atoms with Crippen molar-refractivity contribution in [3.05, 3.63) is 11.1 Å². The van der Waals surface area contributed by atoms with Gasteiger partial charge in [-0.25, -0.2) is 0 Å². The Morgan fingerprint density at radius 1 is 1.08 bits per heavy atom. The predicted octanol–water partition coefficient (Wildman–Crippen LogP) is 6.15. The minimum Gasteiger partial charge on any atom is -0.392 e. The van der Waals surface area contributed by atoms with E-state index in [2.05, 4.69) is 46.9 Å². The molecule has 0 radical (unpaired) electrons. The Kier molecular flexibility index (Phi) is 7.32. The normalized spacial score (nSPS) is 52.2. The molecule has 0 aromatic heterocycles. The highest BCUT2D eigenvalue weighted by molar-refractivity contribution is 5.95. The second-order valence-electron chi connectivity index (χ2n) is 15.4. The van der Waals surface area contributed by atoms with Crippen molar-refractivity contribution in [2.24, 2.45) is 57.7 Å². The van der Waals surface area contributed by atoms with Gasteiger partial charge in [0.2, 0.25) is 0 Å². The van der Waals surface area contributed by atoms with Crippen LogP contribution in [0.25, 0.3) is 0 Å². The Balaban J connectivity index is 1.46. The number of ketones is 1. The number of Topliss-reactive ketones (excluding diaryl/α,β-unsaturated/α-hetero) is 1. The van der Waals surface area contributed by atoms with E-state index in [0.717, 1.165) is 30.3 Å². The van der Waals surface area contributed by atoms with Crippen molar-refractivity contribution in [3.63, 3.8) is 0 Å². The number of carbonyl (C=O) groups excluding carboxylic acids is 1. The fourth-order valence-electron chi connectivity index (χ4n) is 11.4. The predicted molar refractivity (Wildman–Crippen MR) is 150 cm³/mol. The molecule has 0 amide bonds. The summed E-state index contributed by atoms with van der Waals surface area (Å²) in [6.45, 7) is 17.8. The lowest BCUT2D eigenvalue weighted by Crippen LogP contribution is -2.68. The Labute approximate surface area is 226 Å². The van der Waals surface area contributed by atoms with Crippen LogP contribution in [0.15, 0.2) is 11.1 Å². The SMILES string of the molecule is CC(=O)C1=C(C)C[C@]2(C)C[C@]3(C)CC4C(CCC5CCCNC5)CCC(C)C4C(O)C3C(C)[C@]2(C)C1O. The van der Waals surface area contributed by atoms with Gasteiger partial charge in [-0.15, -0.1) is 0 Å². The molecule has 1 heterocycles. The molecular weight excluding hydrogens is 458 g/mol. The molecule has 9 unspecified atom stereocenters. The fourth-order valence-corrected chi connectivity index (χ4v) is 11.4. The first kappa shape index (κ1) is 27.8. The zero-order valence-corrected chi connectivity index (χ0v) is 24.8. The third kappa shape index (κ3) is 4.22. The molecule has 5 aliphatic rings. The van der Waals surface area contributed by atoms with E-state index < -0.39 is 11.5 Å².